The van der Waals surface area contributed by atoms with E-state index in [4.69, 9.17) is 11.6 Å². The first-order valence-electron chi connectivity index (χ1n) is 7.08. The van der Waals surface area contributed by atoms with Gasteiger partial charge in [-0.1, -0.05) is 23.7 Å². The van der Waals surface area contributed by atoms with Gasteiger partial charge in [-0.05, 0) is 30.3 Å². The summed E-state index contributed by atoms with van der Waals surface area (Å²) in [7, 11) is 0. The van der Waals surface area contributed by atoms with Crippen molar-refractivity contribution in [3.63, 3.8) is 0 Å². The Labute approximate surface area is 145 Å². The van der Waals surface area contributed by atoms with Crippen LogP contribution in [0.3, 0.4) is 0 Å². The first-order valence-corrected chi connectivity index (χ1v) is 8.34. The number of aromatic nitrogens is 3. The third-order valence-electron chi connectivity index (χ3n) is 3.68. The molecule has 4 rings (SSSR count). The van der Waals surface area contributed by atoms with Crippen molar-refractivity contribution >= 4 is 33.8 Å². The van der Waals surface area contributed by atoms with Crippen molar-refractivity contribution in [2.24, 2.45) is 0 Å². The second-order valence-corrected chi connectivity index (χ2v) is 6.64. The standard InChI is InChI=1S/C17H10ClN3O2S/c18-15-8-12(10-24-15)20-14-6-2-1-5-13(14)16(22)21(17(20)23)11-4-3-7-19-9-11/h1-10H. The number of halogens is 1. The first-order chi connectivity index (χ1) is 11.7. The molecule has 0 N–H and O–H groups in total. The van der Waals surface area contributed by atoms with Gasteiger partial charge in [0.2, 0.25) is 0 Å². The van der Waals surface area contributed by atoms with Gasteiger partial charge in [0.1, 0.15) is 0 Å². The van der Waals surface area contributed by atoms with Gasteiger partial charge in [-0.15, -0.1) is 11.3 Å². The Morgan fingerprint density at radius 3 is 2.54 bits per heavy atom. The van der Waals surface area contributed by atoms with Crippen molar-refractivity contribution in [3.8, 4) is 11.4 Å². The van der Waals surface area contributed by atoms with Crippen molar-refractivity contribution < 1.29 is 0 Å². The molecule has 0 bridgehead atoms. The molecule has 0 atom stereocenters. The maximum Gasteiger partial charge on any atom is 0.340 e. The molecule has 3 aromatic heterocycles. The molecule has 0 unspecified atom stereocenters. The number of fused-ring (bicyclic) bond motifs is 1. The summed E-state index contributed by atoms with van der Waals surface area (Å²) in [6, 6.07) is 12.1. The summed E-state index contributed by atoms with van der Waals surface area (Å²) in [5, 5.41) is 2.23. The number of benzene rings is 1. The second kappa shape index (κ2) is 5.74. The Balaban J connectivity index is 2.20. The number of para-hydroxylation sites is 1. The van der Waals surface area contributed by atoms with Gasteiger partial charge in [-0.2, -0.15) is 0 Å². The van der Waals surface area contributed by atoms with E-state index in [1.54, 1.807) is 54.0 Å². The molecule has 0 aliphatic heterocycles. The van der Waals surface area contributed by atoms with E-state index >= 15 is 0 Å². The number of hydrogen-bond acceptors (Lipinski definition) is 4. The number of thiophene rings is 1. The van der Waals surface area contributed by atoms with E-state index in [0.717, 1.165) is 4.57 Å². The van der Waals surface area contributed by atoms with Crippen LogP contribution in [0.1, 0.15) is 0 Å². The van der Waals surface area contributed by atoms with E-state index in [-0.39, 0.29) is 5.56 Å². The Morgan fingerprint density at radius 2 is 1.83 bits per heavy atom. The van der Waals surface area contributed by atoms with Crippen LogP contribution in [0.4, 0.5) is 0 Å². The molecule has 24 heavy (non-hydrogen) atoms. The first kappa shape index (κ1) is 14.9. The molecule has 0 saturated carbocycles. The van der Waals surface area contributed by atoms with Crippen LogP contribution < -0.4 is 11.2 Å². The van der Waals surface area contributed by atoms with Gasteiger partial charge in [-0.3, -0.25) is 14.3 Å². The molecule has 1 aromatic carbocycles. The minimum absolute atomic E-state index is 0.374. The van der Waals surface area contributed by atoms with Gasteiger partial charge in [-0.25, -0.2) is 9.36 Å². The zero-order chi connectivity index (χ0) is 16.7. The summed E-state index contributed by atoms with van der Waals surface area (Å²) in [6.45, 7) is 0. The van der Waals surface area contributed by atoms with E-state index in [1.165, 1.54) is 22.1 Å². The Kier molecular flexibility index (Phi) is 3.55. The smallest absolute Gasteiger partial charge is 0.268 e. The van der Waals surface area contributed by atoms with Crippen LogP contribution in [0, 0.1) is 0 Å². The molecule has 0 amide bonds. The molecule has 0 aliphatic carbocycles. The average Bonchev–Trinajstić information content (AvgIpc) is 3.02. The predicted octanol–water partition coefficient (Wildman–Crippen LogP) is 3.25. The molecule has 4 aromatic rings. The van der Waals surface area contributed by atoms with E-state index in [2.05, 4.69) is 4.98 Å². The monoisotopic (exact) mass is 355 g/mol. The SMILES string of the molecule is O=c1c2ccccc2n(-c2csc(Cl)c2)c(=O)n1-c1cccnc1. The molecular formula is C17H10ClN3O2S. The van der Waals surface area contributed by atoms with E-state index < -0.39 is 5.69 Å². The molecule has 5 nitrogen and oxygen atoms in total. The number of hydrogen-bond donors (Lipinski definition) is 0. The minimum atomic E-state index is -0.457. The molecule has 0 saturated heterocycles. The van der Waals surface area contributed by atoms with E-state index in [1.807, 2.05) is 0 Å². The van der Waals surface area contributed by atoms with Crippen LogP contribution in [-0.4, -0.2) is 14.1 Å². The fraction of sp³-hybridized carbons (Fsp3) is 0. The highest BCUT2D eigenvalue weighted by Gasteiger charge is 2.16. The second-order valence-electron chi connectivity index (χ2n) is 5.10. The lowest BCUT2D eigenvalue weighted by atomic mass is 10.2. The van der Waals surface area contributed by atoms with Crippen molar-refractivity contribution in [3.05, 3.63) is 85.4 Å². The van der Waals surface area contributed by atoms with Gasteiger partial charge >= 0.3 is 5.69 Å². The highest BCUT2D eigenvalue weighted by atomic mass is 35.5. The summed E-state index contributed by atoms with van der Waals surface area (Å²) < 4.78 is 3.19. The zero-order valence-corrected chi connectivity index (χ0v) is 13.8. The maximum atomic E-state index is 13.1. The Bertz CT molecular complexity index is 1160. The van der Waals surface area contributed by atoms with Crippen LogP contribution in [0.15, 0.2) is 69.8 Å². The average molecular weight is 356 g/mol. The van der Waals surface area contributed by atoms with E-state index in [0.29, 0.717) is 26.6 Å². The summed E-state index contributed by atoms with van der Waals surface area (Å²) in [5.41, 5.74) is 0.765. The van der Waals surface area contributed by atoms with Crippen molar-refractivity contribution in [2.45, 2.75) is 0 Å². The Hall–Kier alpha value is -2.70. The summed E-state index contributed by atoms with van der Waals surface area (Å²) in [5.74, 6) is 0. The molecule has 118 valence electrons. The third kappa shape index (κ3) is 2.28. The normalized spacial score (nSPS) is 11.0. The van der Waals surface area contributed by atoms with Crippen LogP contribution in [-0.2, 0) is 0 Å². The topological polar surface area (TPSA) is 56.9 Å². The lowest BCUT2D eigenvalue weighted by Crippen LogP contribution is -2.38. The van der Waals surface area contributed by atoms with Crippen LogP contribution in [0.5, 0.6) is 0 Å². The van der Waals surface area contributed by atoms with Gasteiger partial charge in [0, 0.05) is 11.6 Å². The van der Waals surface area contributed by atoms with Crippen LogP contribution in [0.2, 0.25) is 4.34 Å². The third-order valence-corrected chi connectivity index (χ3v) is 4.76. The summed E-state index contributed by atoms with van der Waals surface area (Å²) in [6.07, 6.45) is 3.08. The maximum absolute atomic E-state index is 13.1. The predicted molar refractivity (Wildman–Crippen MR) is 95.8 cm³/mol. The zero-order valence-electron chi connectivity index (χ0n) is 12.2. The molecule has 0 spiro atoms. The highest BCUT2D eigenvalue weighted by molar-refractivity contribution is 7.14. The summed E-state index contributed by atoms with van der Waals surface area (Å²) in [4.78, 5) is 29.9. The number of pyridine rings is 1. The van der Waals surface area contributed by atoms with Gasteiger partial charge in [0.15, 0.2) is 0 Å². The van der Waals surface area contributed by atoms with E-state index in [9.17, 15) is 9.59 Å². The molecule has 3 heterocycles. The molecule has 0 radical (unpaired) electrons. The largest absolute Gasteiger partial charge is 0.340 e. The van der Waals surface area contributed by atoms with Crippen LogP contribution in [0.25, 0.3) is 22.3 Å². The van der Waals surface area contributed by atoms with Crippen molar-refractivity contribution in [1.82, 2.24) is 14.1 Å². The Morgan fingerprint density at radius 1 is 1.00 bits per heavy atom. The van der Waals surface area contributed by atoms with Crippen LogP contribution >= 0.6 is 22.9 Å². The number of rotatable bonds is 2. The lowest BCUT2D eigenvalue weighted by Gasteiger charge is -2.12. The van der Waals surface area contributed by atoms with Gasteiger partial charge in [0.05, 0.1) is 32.8 Å². The van der Waals surface area contributed by atoms with Crippen molar-refractivity contribution in [2.75, 3.05) is 0 Å². The molecule has 7 heteroatoms. The quantitative estimate of drug-likeness (QED) is 0.554. The minimum Gasteiger partial charge on any atom is -0.268 e. The van der Waals surface area contributed by atoms with Crippen molar-refractivity contribution in [1.29, 1.82) is 0 Å². The van der Waals surface area contributed by atoms with Gasteiger partial charge in [0.25, 0.3) is 5.56 Å². The lowest BCUT2D eigenvalue weighted by molar-refractivity contribution is 0.832. The van der Waals surface area contributed by atoms with Gasteiger partial charge < -0.3 is 0 Å². The summed E-state index contributed by atoms with van der Waals surface area (Å²) >= 11 is 7.35. The fourth-order valence-corrected chi connectivity index (χ4v) is 3.48. The highest BCUT2D eigenvalue weighted by Crippen LogP contribution is 2.24. The number of nitrogens with zero attached hydrogens (tertiary/aromatic N) is 3. The fourth-order valence-electron chi connectivity index (χ4n) is 2.64. The molecule has 0 aliphatic rings. The molecular weight excluding hydrogens is 346 g/mol. The molecule has 0 fully saturated rings.